The highest BCUT2D eigenvalue weighted by atomic mass is 16.6. The zero-order valence-corrected chi connectivity index (χ0v) is 13.7. The van der Waals surface area contributed by atoms with Crippen LogP contribution in [0.2, 0.25) is 0 Å². The third-order valence-electron chi connectivity index (χ3n) is 4.61. The highest BCUT2D eigenvalue weighted by Crippen LogP contribution is 2.35. The average Bonchev–Trinajstić information content (AvgIpc) is 3.19. The first-order chi connectivity index (χ1) is 11.4. The number of allylic oxidation sites excluding steroid dienone is 2. The van der Waals surface area contributed by atoms with Crippen LogP contribution in [0.25, 0.3) is 0 Å². The Morgan fingerprint density at radius 2 is 1.96 bits per heavy atom. The number of ketones is 2. The first kappa shape index (κ1) is 16.7. The van der Waals surface area contributed by atoms with Crippen molar-refractivity contribution in [2.75, 3.05) is 0 Å². The van der Waals surface area contributed by atoms with Crippen LogP contribution in [0.4, 0.5) is 0 Å². The molecule has 24 heavy (non-hydrogen) atoms. The molecule has 0 aromatic heterocycles. The molecule has 1 heterocycles. The van der Waals surface area contributed by atoms with Crippen LogP contribution < -0.4 is 0 Å². The molecule has 2 N–H and O–H groups in total. The molecule has 2 aliphatic rings. The normalized spacial score (nSPS) is 28.0. The molecule has 1 fully saturated rings. The Hall–Kier alpha value is -2.14. The largest absolute Gasteiger partial charge is 0.508 e. The predicted molar refractivity (Wildman–Crippen MR) is 88.2 cm³/mol. The minimum Gasteiger partial charge on any atom is -0.508 e. The Morgan fingerprint density at radius 3 is 2.75 bits per heavy atom. The molecular formula is C19H22O5. The Kier molecular flexibility index (Phi) is 4.71. The summed E-state index contributed by atoms with van der Waals surface area (Å²) >= 11 is 0. The molecule has 0 radical (unpaired) electrons. The number of ether oxygens (including phenoxy) is 1. The number of Topliss-reactive ketones (excluding diaryl/α,β-unsaturated/α-hetero) is 1. The topological polar surface area (TPSA) is 87.1 Å². The fourth-order valence-corrected chi connectivity index (χ4v) is 3.39. The second kappa shape index (κ2) is 6.77. The molecule has 128 valence electrons. The third kappa shape index (κ3) is 3.85. The van der Waals surface area contributed by atoms with Gasteiger partial charge in [0.25, 0.3) is 0 Å². The number of carbonyl (C=O) groups excluding carboxylic acids is 2. The van der Waals surface area contributed by atoms with E-state index in [9.17, 15) is 19.8 Å². The summed E-state index contributed by atoms with van der Waals surface area (Å²) in [5.74, 6) is -0.665. The summed E-state index contributed by atoms with van der Waals surface area (Å²) in [5.41, 5.74) is 0.517. The Labute approximate surface area is 140 Å². The number of epoxide rings is 1. The van der Waals surface area contributed by atoms with Crippen molar-refractivity contribution < 1.29 is 24.5 Å². The Morgan fingerprint density at radius 1 is 1.17 bits per heavy atom. The molecule has 3 atom stereocenters. The zero-order chi connectivity index (χ0) is 17.3. The molecule has 0 spiro atoms. The van der Waals surface area contributed by atoms with Gasteiger partial charge in [-0.15, -0.1) is 0 Å². The number of fused-ring (bicyclic) bond motifs is 2. The third-order valence-corrected chi connectivity index (χ3v) is 4.61. The maximum atomic E-state index is 12.6. The molecule has 1 aliphatic carbocycles. The summed E-state index contributed by atoms with van der Waals surface area (Å²) in [6.07, 6.45) is 6.47. The summed E-state index contributed by atoms with van der Waals surface area (Å²) in [6.45, 7) is 1.99. The molecule has 0 saturated carbocycles. The van der Waals surface area contributed by atoms with E-state index in [0.717, 1.165) is 25.3 Å². The van der Waals surface area contributed by atoms with Gasteiger partial charge in [0.1, 0.15) is 11.5 Å². The van der Waals surface area contributed by atoms with Crippen molar-refractivity contribution in [3.8, 4) is 11.5 Å². The lowest BCUT2D eigenvalue weighted by molar-refractivity contribution is -0.114. The van der Waals surface area contributed by atoms with E-state index in [-0.39, 0.29) is 59.6 Å². The number of aromatic hydroxyl groups is 2. The van der Waals surface area contributed by atoms with E-state index in [4.69, 9.17) is 4.74 Å². The van der Waals surface area contributed by atoms with Crippen LogP contribution in [0.1, 0.15) is 48.5 Å². The number of hydrogen-bond acceptors (Lipinski definition) is 5. The van der Waals surface area contributed by atoms with Crippen molar-refractivity contribution in [2.24, 2.45) is 5.92 Å². The number of hydrogen-bond donors (Lipinski definition) is 2. The van der Waals surface area contributed by atoms with Crippen molar-refractivity contribution in [3.05, 3.63) is 35.4 Å². The predicted octanol–water partition coefficient (Wildman–Crippen LogP) is 2.93. The van der Waals surface area contributed by atoms with Crippen molar-refractivity contribution in [2.45, 2.75) is 51.2 Å². The number of benzene rings is 1. The molecule has 0 unspecified atom stereocenters. The SMILES string of the molecule is C[C@H]1CC(=O)c2c(O)cc(O)cc2CC(=O)C=CCC[C@@H]2O[C@H]2C1. The van der Waals surface area contributed by atoms with E-state index < -0.39 is 0 Å². The smallest absolute Gasteiger partial charge is 0.167 e. The van der Waals surface area contributed by atoms with Gasteiger partial charge in [-0.1, -0.05) is 13.0 Å². The van der Waals surface area contributed by atoms with Gasteiger partial charge in [-0.05, 0) is 42.9 Å². The maximum absolute atomic E-state index is 12.6. The van der Waals surface area contributed by atoms with Gasteiger partial charge >= 0.3 is 0 Å². The van der Waals surface area contributed by atoms with Crippen LogP contribution in [0.15, 0.2) is 24.3 Å². The van der Waals surface area contributed by atoms with Gasteiger partial charge < -0.3 is 14.9 Å². The standard InChI is InChI=1S/C19H22O5/c1-11-6-15(22)19-12(9-14(21)10-16(19)23)8-13(20)4-2-3-5-17-18(7-11)24-17/h2,4,9-11,17-18,21,23H,3,5-8H2,1H3/t11-,17-,18-/m0/s1. The molecule has 5 nitrogen and oxygen atoms in total. The number of rotatable bonds is 0. The number of phenolic OH excluding ortho intramolecular Hbond substituents is 2. The lowest BCUT2D eigenvalue weighted by Gasteiger charge is -2.14. The minimum absolute atomic E-state index is 0.0174. The maximum Gasteiger partial charge on any atom is 0.167 e. The highest BCUT2D eigenvalue weighted by Gasteiger charge is 2.39. The summed E-state index contributed by atoms with van der Waals surface area (Å²) in [5, 5.41) is 19.8. The lowest BCUT2D eigenvalue weighted by atomic mass is 9.90. The fourth-order valence-electron chi connectivity index (χ4n) is 3.39. The van der Waals surface area contributed by atoms with E-state index in [1.807, 2.05) is 13.0 Å². The molecule has 1 saturated heterocycles. The summed E-state index contributed by atoms with van der Waals surface area (Å²) in [4.78, 5) is 24.7. The summed E-state index contributed by atoms with van der Waals surface area (Å²) in [6, 6.07) is 2.53. The Bertz CT molecular complexity index is 691. The van der Waals surface area contributed by atoms with E-state index in [2.05, 4.69) is 0 Å². The molecule has 5 heteroatoms. The zero-order valence-electron chi connectivity index (χ0n) is 13.7. The number of phenols is 2. The van der Waals surface area contributed by atoms with Gasteiger partial charge in [0.2, 0.25) is 0 Å². The van der Waals surface area contributed by atoms with Gasteiger partial charge in [0, 0.05) is 18.9 Å². The van der Waals surface area contributed by atoms with Crippen LogP contribution in [-0.4, -0.2) is 34.0 Å². The van der Waals surface area contributed by atoms with Crippen LogP contribution in [0, 0.1) is 5.92 Å². The van der Waals surface area contributed by atoms with Gasteiger partial charge in [-0.3, -0.25) is 9.59 Å². The summed E-state index contributed by atoms with van der Waals surface area (Å²) < 4.78 is 5.62. The van der Waals surface area contributed by atoms with Crippen molar-refractivity contribution in [1.82, 2.24) is 0 Å². The van der Waals surface area contributed by atoms with Gasteiger partial charge in [-0.2, -0.15) is 0 Å². The average molecular weight is 330 g/mol. The monoisotopic (exact) mass is 330 g/mol. The highest BCUT2D eigenvalue weighted by molar-refractivity contribution is 6.02. The van der Waals surface area contributed by atoms with Crippen molar-refractivity contribution in [3.63, 3.8) is 0 Å². The Balaban J connectivity index is 1.92. The van der Waals surface area contributed by atoms with Gasteiger partial charge in [-0.25, -0.2) is 0 Å². The van der Waals surface area contributed by atoms with E-state index in [0.29, 0.717) is 5.56 Å². The van der Waals surface area contributed by atoms with Crippen LogP contribution in [-0.2, 0) is 16.0 Å². The quantitative estimate of drug-likeness (QED) is 0.714. The lowest BCUT2D eigenvalue weighted by Crippen LogP contribution is -2.13. The molecule has 0 amide bonds. The number of carbonyl (C=O) groups is 2. The van der Waals surface area contributed by atoms with E-state index in [1.165, 1.54) is 12.1 Å². The van der Waals surface area contributed by atoms with E-state index >= 15 is 0 Å². The van der Waals surface area contributed by atoms with Crippen molar-refractivity contribution in [1.29, 1.82) is 0 Å². The minimum atomic E-state index is -0.272. The second-order valence-electron chi connectivity index (χ2n) is 6.80. The van der Waals surface area contributed by atoms with Gasteiger partial charge in [0.05, 0.1) is 17.8 Å². The van der Waals surface area contributed by atoms with Gasteiger partial charge in [0.15, 0.2) is 11.6 Å². The fraction of sp³-hybridized carbons (Fsp3) is 0.474. The first-order valence-corrected chi connectivity index (χ1v) is 8.37. The molecule has 1 aliphatic heterocycles. The molecule has 0 bridgehead atoms. The summed E-state index contributed by atoms with van der Waals surface area (Å²) in [7, 11) is 0. The van der Waals surface area contributed by atoms with Crippen LogP contribution in [0.3, 0.4) is 0 Å². The molecule has 3 rings (SSSR count). The molecule has 1 aromatic carbocycles. The van der Waals surface area contributed by atoms with Crippen molar-refractivity contribution >= 4 is 11.6 Å². The van der Waals surface area contributed by atoms with Crippen LogP contribution in [0.5, 0.6) is 11.5 Å². The van der Waals surface area contributed by atoms with E-state index in [1.54, 1.807) is 0 Å². The molecule has 1 aromatic rings. The molecular weight excluding hydrogens is 308 g/mol. The van der Waals surface area contributed by atoms with Crippen LogP contribution >= 0.6 is 0 Å². The first-order valence-electron chi connectivity index (χ1n) is 8.37. The second-order valence-corrected chi connectivity index (χ2v) is 6.80.